The van der Waals surface area contributed by atoms with E-state index in [4.69, 9.17) is 14.5 Å². The van der Waals surface area contributed by atoms with Gasteiger partial charge in [-0.1, -0.05) is 19.6 Å². The van der Waals surface area contributed by atoms with Gasteiger partial charge in [0.2, 0.25) is 5.95 Å². The fourth-order valence-corrected chi connectivity index (χ4v) is 6.85. The second-order valence-electron chi connectivity index (χ2n) is 12.4. The molecule has 4 rings (SSSR count). The van der Waals surface area contributed by atoms with Crippen LogP contribution in [0, 0.1) is 3.57 Å². The summed E-state index contributed by atoms with van der Waals surface area (Å²) < 4.78 is 16.1. The molecule has 2 saturated heterocycles. The number of hydrogen-bond donors (Lipinski definition) is 0. The molecule has 2 aliphatic heterocycles. The average molecular weight is 630 g/mol. The molecule has 2 fully saturated rings. The molecule has 2 bridgehead atoms. The number of carbonyl (C=O) groups is 1. The zero-order valence-electron chi connectivity index (χ0n) is 22.8. The van der Waals surface area contributed by atoms with Crippen LogP contribution in [0.4, 0.5) is 10.7 Å². The van der Waals surface area contributed by atoms with Gasteiger partial charge in [-0.05, 0) is 68.7 Å². The van der Waals surface area contributed by atoms with E-state index in [1.807, 2.05) is 38.6 Å². The van der Waals surface area contributed by atoms with E-state index in [9.17, 15) is 9.59 Å². The summed E-state index contributed by atoms with van der Waals surface area (Å²) in [7, 11) is 2.43. The van der Waals surface area contributed by atoms with Gasteiger partial charge in [-0.3, -0.25) is 9.36 Å². The van der Waals surface area contributed by atoms with Gasteiger partial charge in [-0.15, -0.1) is 0 Å². The fourth-order valence-electron chi connectivity index (χ4n) is 5.28. The first-order valence-corrected chi connectivity index (χ1v) is 17.5. The Morgan fingerprint density at radius 1 is 1.28 bits per heavy atom. The number of carbonyl (C=O) groups excluding carboxylic acids is 1. The third kappa shape index (κ3) is 5.47. The van der Waals surface area contributed by atoms with E-state index in [0.717, 1.165) is 28.9 Å². The zero-order valence-corrected chi connectivity index (χ0v) is 26.0. The minimum Gasteiger partial charge on any atom is -0.444 e. The maximum absolute atomic E-state index is 13.5. The summed E-state index contributed by atoms with van der Waals surface area (Å²) >= 11 is 2.21. The number of nitrogens with zero attached hydrogens (tertiary/aromatic N) is 5. The van der Waals surface area contributed by atoms with Crippen LogP contribution in [0.5, 0.6) is 0 Å². The van der Waals surface area contributed by atoms with Crippen LogP contribution in [0.1, 0.15) is 40.0 Å². The third-order valence-corrected chi connectivity index (χ3v) is 9.69. The Morgan fingerprint density at radius 2 is 1.97 bits per heavy atom. The summed E-state index contributed by atoms with van der Waals surface area (Å²) in [4.78, 5) is 35.3. The van der Waals surface area contributed by atoms with Crippen LogP contribution in [0.15, 0.2) is 11.0 Å². The van der Waals surface area contributed by atoms with Gasteiger partial charge in [-0.25, -0.2) is 4.79 Å². The van der Waals surface area contributed by atoms with Gasteiger partial charge in [-0.2, -0.15) is 4.98 Å². The molecular formula is C25H40IN5O4Si. The number of amides is 1. The summed E-state index contributed by atoms with van der Waals surface area (Å²) in [6.45, 7) is 13.7. The van der Waals surface area contributed by atoms with Crippen molar-refractivity contribution in [2.45, 2.75) is 96.2 Å². The van der Waals surface area contributed by atoms with Gasteiger partial charge in [0.1, 0.15) is 12.3 Å². The highest BCUT2D eigenvalue weighted by Gasteiger charge is 2.50. The molecule has 0 saturated carbocycles. The largest absolute Gasteiger partial charge is 0.444 e. The summed E-state index contributed by atoms with van der Waals surface area (Å²) in [5.41, 5.74) is 0.0659. The SMILES string of the molecule is CN(C(=O)OC(C)(C)C)[C@H]1C[C@H]2CC[C@@H]1N2c1nc2c(c(I)cn2COCC[Si](C)(C)C)c(=O)n1C. The number of aromatic nitrogens is 3. The maximum atomic E-state index is 13.5. The van der Waals surface area contributed by atoms with E-state index in [-0.39, 0.29) is 29.8 Å². The summed E-state index contributed by atoms with van der Waals surface area (Å²) in [6.07, 6.45) is 4.46. The molecule has 1 amide bonds. The van der Waals surface area contributed by atoms with Gasteiger partial charge in [0.15, 0.2) is 5.65 Å². The van der Waals surface area contributed by atoms with Crippen molar-refractivity contribution in [2.75, 3.05) is 18.6 Å². The van der Waals surface area contributed by atoms with Crippen LogP contribution in [0.3, 0.4) is 0 Å². The van der Waals surface area contributed by atoms with Gasteiger partial charge in [0.25, 0.3) is 5.56 Å². The molecular weight excluding hydrogens is 589 g/mol. The van der Waals surface area contributed by atoms with E-state index in [1.54, 1.807) is 16.5 Å². The minimum absolute atomic E-state index is 0.0167. The molecule has 0 aromatic carbocycles. The second-order valence-corrected chi connectivity index (χ2v) is 19.2. The maximum Gasteiger partial charge on any atom is 0.410 e. The van der Waals surface area contributed by atoms with Crippen LogP contribution >= 0.6 is 22.6 Å². The number of halogens is 1. The Kier molecular flexibility index (Phi) is 7.57. The molecule has 9 nitrogen and oxygen atoms in total. The molecule has 36 heavy (non-hydrogen) atoms. The first-order valence-electron chi connectivity index (χ1n) is 12.8. The molecule has 2 aromatic heterocycles. The van der Waals surface area contributed by atoms with Crippen LogP contribution < -0.4 is 10.5 Å². The average Bonchev–Trinajstić information content (AvgIpc) is 3.42. The lowest BCUT2D eigenvalue weighted by Crippen LogP contribution is -2.47. The standard InChI is InChI=1S/C25H40IN5O4Si/c1-25(2,3)35-24(33)28(4)19-13-16-9-10-18(19)31(16)23-27-21-20(22(32)29(23)5)17(26)14-30(21)15-34-11-12-36(6,7)8/h14,16,18-19H,9-13,15H2,1-8H3/t16-,18+,19+/m1/s1. The molecule has 0 unspecified atom stereocenters. The number of anilines is 1. The Balaban J connectivity index is 1.62. The first-order chi connectivity index (χ1) is 16.7. The van der Waals surface area contributed by atoms with Crippen molar-refractivity contribution in [3.05, 3.63) is 20.1 Å². The van der Waals surface area contributed by atoms with Crippen molar-refractivity contribution in [1.29, 1.82) is 0 Å². The molecule has 0 N–H and O–H groups in total. The van der Waals surface area contributed by atoms with E-state index < -0.39 is 13.7 Å². The molecule has 3 atom stereocenters. The Hall–Kier alpha value is -1.60. The van der Waals surface area contributed by atoms with Crippen molar-refractivity contribution < 1.29 is 14.3 Å². The minimum atomic E-state index is -1.18. The monoisotopic (exact) mass is 629 g/mol. The van der Waals surface area contributed by atoms with Gasteiger partial charge in [0.05, 0.1) is 17.5 Å². The third-order valence-electron chi connectivity index (χ3n) is 7.17. The second kappa shape index (κ2) is 9.94. The van der Waals surface area contributed by atoms with Crippen molar-refractivity contribution in [3.8, 4) is 0 Å². The van der Waals surface area contributed by atoms with Crippen molar-refractivity contribution in [3.63, 3.8) is 0 Å². The zero-order chi connectivity index (χ0) is 26.6. The van der Waals surface area contributed by atoms with E-state index in [1.165, 1.54) is 0 Å². The number of rotatable bonds is 7. The van der Waals surface area contributed by atoms with Gasteiger partial charge >= 0.3 is 6.09 Å². The first kappa shape index (κ1) is 27.4. The molecule has 11 heteroatoms. The summed E-state index contributed by atoms with van der Waals surface area (Å²) in [6, 6.07) is 1.44. The molecule has 2 aromatic rings. The van der Waals surface area contributed by atoms with E-state index in [0.29, 0.717) is 30.3 Å². The van der Waals surface area contributed by atoms with Gasteiger partial charge < -0.3 is 23.8 Å². The lowest BCUT2D eigenvalue weighted by molar-refractivity contribution is 0.0202. The Morgan fingerprint density at radius 3 is 2.61 bits per heavy atom. The molecule has 0 aliphatic carbocycles. The predicted octanol–water partition coefficient (Wildman–Crippen LogP) is 4.63. The molecule has 0 radical (unpaired) electrons. The normalized spacial score (nSPS) is 22.0. The number of hydrogen-bond acceptors (Lipinski definition) is 6. The highest BCUT2D eigenvalue weighted by Crippen LogP contribution is 2.42. The van der Waals surface area contributed by atoms with Crippen molar-refractivity contribution in [2.24, 2.45) is 7.05 Å². The van der Waals surface area contributed by atoms with Crippen LogP contribution in [-0.4, -0.2) is 70.6 Å². The number of ether oxygens (including phenoxy) is 2. The fraction of sp³-hybridized carbons (Fsp3) is 0.720. The highest BCUT2D eigenvalue weighted by atomic mass is 127. The molecule has 4 heterocycles. The lowest BCUT2D eigenvalue weighted by atomic mass is 9.95. The summed E-state index contributed by atoms with van der Waals surface area (Å²) in [5.74, 6) is 0.665. The smallest absolute Gasteiger partial charge is 0.410 e. The van der Waals surface area contributed by atoms with E-state index in [2.05, 4.69) is 47.1 Å². The Bertz CT molecular complexity index is 1200. The Labute approximate surface area is 228 Å². The van der Waals surface area contributed by atoms with Crippen molar-refractivity contribution in [1.82, 2.24) is 19.0 Å². The number of fused-ring (bicyclic) bond motifs is 3. The molecule has 2 aliphatic rings. The quantitative estimate of drug-likeness (QED) is 0.253. The highest BCUT2D eigenvalue weighted by molar-refractivity contribution is 14.1. The molecule has 0 spiro atoms. The summed E-state index contributed by atoms with van der Waals surface area (Å²) in [5, 5.41) is 0.629. The van der Waals surface area contributed by atoms with Gasteiger partial charge in [0, 0.05) is 44.6 Å². The van der Waals surface area contributed by atoms with Crippen LogP contribution in [-0.2, 0) is 23.3 Å². The van der Waals surface area contributed by atoms with Crippen LogP contribution in [0.25, 0.3) is 11.0 Å². The lowest BCUT2D eigenvalue weighted by Gasteiger charge is -2.33. The van der Waals surface area contributed by atoms with Crippen LogP contribution in [0.2, 0.25) is 25.7 Å². The van der Waals surface area contributed by atoms with E-state index >= 15 is 0 Å². The molecule has 200 valence electrons. The van der Waals surface area contributed by atoms with Crippen molar-refractivity contribution >= 4 is 53.7 Å². The predicted molar refractivity (Wildman–Crippen MR) is 153 cm³/mol. The number of likely N-dealkylation sites (N-methyl/N-ethyl adjacent to an activating group) is 1. The topological polar surface area (TPSA) is 81.8 Å².